The zero-order chi connectivity index (χ0) is 18.0. The number of amides is 1. The number of aromatic nitrogens is 2. The molecule has 2 unspecified atom stereocenters. The van der Waals surface area contributed by atoms with Gasteiger partial charge in [0, 0.05) is 37.2 Å². The van der Waals surface area contributed by atoms with Gasteiger partial charge in [-0.25, -0.2) is 9.07 Å². The molecule has 1 amide bonds. The molecule has 0 saturated carbocycles. The van der Waals surface area contributed by atoms with Crippen LogP contribution < -0.4 is 21.1 Å². The average Bonchev–Trinajstić information content (AvgIpc) is 3.03. The van der Waals surface area contributed by atoms with Gasteiger partial charge < -0.3 is 21.1 Å². The van der Waals surface area contributed by atoms with Gasteiger partial charge in [0.15, 0.2) is 0 Å². The van der Waals surface area contributed by atoms with Gasteiger partial charge in [-0.05, 0) is 25.1 Å². The van der Waals surface area contributed by atoms with Crippen molar-refractivity contribution in [3.63, 3.8) is 0 Å². The Morgan fingerprint density at radius 2 is 2.40 bits per heavy atom. The molecule has 25 heavy (non-hydrogen) atoms. The molecule has 1 aromatic heterocycles. The summed E-state index contributed by atoms with van der Waals surface area (Å²) in [5.41, 5.74) is 6.52. The fourth-order valence-electron chi connectivity index (χ4n) is 3.07. The number of nitrogens with zero attached hydrogens (tertiary/aromatic N) is 2. The molecule has 0 spiro atoms. The van der Waals surface area contributed by atoms with E-state index in [1.54, 1.807) is 17.9 Å². The number of anilines is 1. The molecule has 1 aromatic carbocycles. The number of carbonyl (C=O) groups is 1. The number of methoxy groups -OCH3 is 1. The summed E-state index contributed by atoms with van der Waals surface area (Å²) in [6.45, 7) is 4.05. The van der Waals surface area contributed by atoms with E-state index in [9.17, 15) is 9.18 Å². The van der Waals surface area contributed by atoms with Crippen LogP contribution in [0.2, 0.25) is 0 Å². The second-order valence-corrected chi connectivity index (χ2v) is 6.22. The summed E-state index contributed by atoms with van der Waals surface area (Å²) in [7, 11) is 1.57. The number of halogens is 1. The molecule has 1 aliphatic rings. The molecule has 134 valence electrons. The Morgan fingerprint density at radius 3 is 3.12 bits per heavy atom. The molecule has 7 nitrogen and oxygen atoms in total. The summed E-state index contributed by atoms with van der Waals surface area (Å²) in [5, 5.41) is 10.8. The summed E-state index contributed by atoms with van der Waals surface area (Å²) in [4.78, 5) is 11.3. The van der Waals surface area contributed by atoms with E-state index in [1.807, 2.05) is 6.92 Å². The van der Waals surface area contributed by atoms with Crippen LogP contribution >= 0.6 is 0 Å². The molecule has 8 heteroatoms. The zero-order valence-corrected chi connectivity index (χ0v) is 14.3. The molecular formula is C17H22FN5O2. The van der Waals surface area contributed by atoms with Crippen molar-refractivity contribution in [2.24, 2.45) is 11.7 Å². The number of ether oxygens (including phenoxy) is 1. The molecule has 0 bridgehead atoms. The molecule has 3 rings (SSSR count). The highest BCUT2D eigenvalue weighted by Gasteiger charge is 2.24. The van der Waals surface area contributed by atoms with E-state index in [-0.39, 0.29) is 17.8 Å². The highest BCUT2D eigenvalue weighted by Crippen LogP contribution is 2.26. The lowest BCUT2D eigenvalue weighted by atomic mass is 10.0. The van der Waals surface area contributed by atoms with E-state index >= 15 is 0 Å². The Balaban J connectivity index is 1.63. The van der Waals surface area contributed by atoms with Crippen LogP contribution in [0.1, 0.15) is 28.9 Å². The maximum atomic E-state index is 13.5. The Bertz CT molecular complexity index is 776. The molecule has 0 aliphatic carbocycles. The topological polar surface area (TPSA) is 94.2 Å². The summed E-state index contributed by atoms with van der Waals surface area (Å²) in [6, 6.07) is 4.44. The summed E-state index contributed by atoms with van der Waals surface area (Å²) >= 11 is 0. The van der Waals surface area contributed by atoms with Gasteiger partial charge in [0.25, 0.3) is 5.91 Å². The highest BCUT2D eigenvalue weighted by atomic mass is 19.1. The molecule has 1 aliphatic heterocycles. The lowest BCUT2D eigenvalue weighted by molar-refractivity contribution is 0.100. The number of fused-ring (bicyclic) bond motifs is 1. The summed E-state index contributed by atoms with van der Waals surface area (Å²) < 4.78 is 20.6. The fourth-order valence-corrected chi connectivity index (χ4v) is 3.07. The second-order valence-electron chi connectivity index (χ2n) is 6.22. The van der Waals surface area contributed by atoms with E-state index in [4.69, 9.17) is 10.5 Å². The third-order valence-corrected chi connectivity index (χ3v) is 4.47. The second kappa shape index (κ2) is 7.10. The van der Waals surface area contributed by atoms with Crippen molar-refractivity contribution in [2.45, 2.75) is 19.5 Å². The van der Waals surface area contributed by atoms with E-state index in [0.29, 0.717) is 36.8 Å². The van der Waals surface area contributed by atoms with Crippen molar-refractivity contribution in [2.75, 3.05) is 25.5 Å². The minimum Gasteiger partial charge on any atom is -0.496 e. The van der Waals surface area contributed by atoms with Gasteiger partial charge in [-0.15, -0.1) is 0 Å². The standard InChI is InChI=1S/C17H22FN5O2/c1-10(13-5-12(18)3-4-15(13)25-2)20-6-11-7-21-17-14(16(19)24)8-22-23(17)9-11/h3-5,8,10-11,20-21H,6-7,9H2,1-2H3,(H2,19,24). The lowest BCUT2D eigenvalue weighted by Gasteiger charge is -2.27. The van der Waals surface area contributed by atoms with Gasteiger partial charge in [0.2, 0.25) is 0 Å². The van der Waals surface area contributed by atoms with Crippen LogP contribution in [0, 0.1) is 11.7 Å². The number of carbonyl (C=O) groups excluding carboxylic acids is 1. The lowest BCUT2D eigenvalue weighted by Crippen LogP contribution is -2.36. The molecule has 4 N–H and O–H groups in total. The van der Waals surface area contributed by atoms with Crippen LogP contribution in [0.15, 0.2) is 24.4 Å². The third-order valence-electron chi connectivity index (χ3n) is 4.47. The van der Waals surface area contributed by atoms with Crippen LogP contribution in [0.25, 0.3) is 0 Å². The number of rotatable bonds is 6. The van der Waals surface area contributed by atoms with Crippen molar-refractivity contribution < 1.29 is 13.9 Å². The van der Waals surface area contributed by atoms with Gasteiger partial charge in [-0.2, -0.15) is 5.10 Å². The van der Waals surface area contributed by atoms with Crippen LogP contribution in [0.3, 0.4) is 0 Å². The molecule has 0 radical (unpaired) electrons. The number of nitrogens with two attached hydrogens (primary N) is 1. The van der Waals surface area contributed by atoms with Crippen molar-refractivity contribution in [3.05, 3.63) is 41.3 Å². The summed E-state index contributed by atoms with van der Waals surface area (Å²) in [5.74, 6) is 0.823. The molecular weight excluding hydrogens is 325 g/mol. The molecule has 2 atom stereocenters. The minimum atomic E-state index is -0.489. The van der Waals surface area contributed by atoms with Crippen molar-refractivity contribution >= 4 is 11.7 Å². The van der Waals surface area contributed by atoms with Crippen LogP contribution in [0.4, 0.5) is 10.2 Å². The van der Waals surface area contributed by atoms with Crippen LogP contribution in [-0.4, -0.2) is 35.9 Å². The molecule has 2 heterocycles. The number of hydrogen-bond acceptors (Lipinski definition) is 5. The number of nitrogens with one attached hydrogen (secondary N) is 2. The normalized spacial score (nSPS) is 17.5. The molecule has 0 fully saturated rings. The quantitative estimate of drug-likeness (QED) is 0.737. The predicted molar refractivity (Wildman–Crippen MR) is 92.1 cm³/mol. The predicted octanol–water partition coefficient (Wildman–Crippen LogP) is 1.52. The average molecular weight is 347 g/mol. The molecule has 2 aromatic rings. The largest absolute Gasteiger partial charge is 0.496 e. The van der Waals surface area contributed by atoms with E-state index in [1.165, 1.54) is 18.3 Å². The van der Waals surface area contributed by atoms with Gasteiger partial charge in [0.1, 0.15) is 22.9 Å². The number of hydrogen-bond donors (Lipinski definition) is 3. The Labute approximate surface area is 145 Å². The first-order valence-corrected chi connectivity index (χ1v) is 8.16. The van der Waals surface area contributed by atoms with Crippen LogP contribution in [-0.2, 0) is 6.54 Å². The Morgan fingerprint density at radius 1 is 1.60 bits per heavy atom. The van der Waals surface area contributed by atoms with Crippen LogP contribution in [0.5, 0.6) is 5.75 Å². The smallest absolute Gasteiger partial charge is 0.254 e. The van der Waals surface area contributed by atoms with Crippen molar-refractivity contribution in [1.82, 2.24) is 15.1 Å². The number of primary amides is 1. The summed E-state index contributed by atoms with van der Waals surface area (Å²) in [6.07, 6.45) is 1.49. The van der Waals surface area contributed by atoms with E-state index in [2.05, 4.69) is 15.7 Å². The third kappa shape index (κ3) is 3.58. The maximum absolute atomic E-state index is 13.5. The Hall–Kier alpha value is -2.61. The first-order chi connectivity index (χ1) is 12.0. The fraction of sp³-hybridized carbons (Fsp3) is 0.412. The van der Waals surface area contributed by atoms with E-state index < -0.39 is 5.91 Å². The van der Waals surface area contributed by atoms with Gasteiger partial charge in [-0.3, -0.25) is 4.79 Å². The van der Waals surface area contributed by atoms with Gasteiger partial charge >= 0.3 is 0 Å². The Kier molecular flexibility index (Phi) is 4.89. The monoisotopic (exact) mass is 347 g/mol. The minimum absolute atomic E-state index is 0.0640. The molecule has 0 saturated heterocycles. The SMILES string of the molecule is COc1ccc(F)cc1C(C)NCC1CNc2c(C(N)=O)cnn2C1. The zero-order valence-electron chi connectivity index (χ0n) is 14.3. The highest BCUT2D eigenvalue weighted by molar-refractivity contribution is 5.97. The van der Waals surface area contributed by atoms with Gasteiger partial charge in [0.05, 0.1) is 13.3 Å². The first kappa shape index (κ1) is 17.2. The van der Waals surface area contributed by atoms with Gasteiger partial charge in [-0.1, -0.05) is 0 Å². The van der Waals surface area contributed by atoms with Crippen molar-refractivity contribution in [1.29, 1.82) is 0 Å². The first-order valence-electron chi connectivity index (χ1n) is 8.16. The maximum Gasteiger partial charge on any atom is 0.254 e. The van der Waals surface area contributed by atoms with E-state index in [0.717, 1.165) is 5.56 Å². The number of benzene rings is 1. The van der Waals surface area contributed by atoms with Crippen molar-refractivity contribution in [3.8, 4) is 5.75 Å².